The number of hydrazone groups is 1. The highest BCUT2D eigenvalue weighted by Gasteiger charge is 2.46. The molecular formula is C12H12Cl2F3N3O. The fraction of sp³-hybridized carbons (Fsp3) is 0.417. The molecule has 0 fully saturated rings. The molecule has 2 rings (SSSR count). The maximum Gasteiger partial charge on any atom is 0.452 e. The summed E-state index contributed by atoms with van der Waals surface area (Å²) in [4.78, 5) is -1.18. The van der Waals surface area contributed by atoms with E-state index in [1.54, 1.807) is 0 Å². The zero-order valence-corrected chi connectivity index (χ0v) is 12.9. The van der Waals surface area contributed by atoms with Crippen molar-refractivity contribution in [1.82, 2.24) is 0 Å². The Morgan fingerprint density at radius 3 is 2.29 bits per heavy atom. The largest absolute Gasteiger partial charge is 0.497 e. The van der Waals surface area contributed by atoms with Gasteiger partial charge in [0, 0.05) is 17.8 Å². The fourth-order valence-electron chi connectivity index (χ4n) is 1.84. The van der Waals surface area contributed by atoms with Crippen molar-refractivity contribution >= 4 is 40.6 Å². The molecule has 116 valence electrons. The van der Waals surface area contributed by atoms with Crippen molar-refractivity contribution in [2.45, 2.75) is 25.0 Å². The van der Waals surface area contributed by atoms with Crippen molar-refractivity contribution in [3.8, 4) is 5.75 Å². The average Bonchev–Trinajstić information content (AvgIpc) is 2.35. The molecule has 1 aromatic carbocycles. The number of ether oxygens (including phenoxy) is 1. The molecular weight excluding hydrogens is 330 g/mol. The first-order valence-electron chi connectivity index (χ1n) is 5.84. The molecule has 0 saturated carbocycles. The van der Waals surface area contributed by atoms with Crippen LogP contribution in [0.15, 0.2) is 23.3 Å². The summed E-state index contributed by atoms with van der Waals surface area (Å²) in [6.07, 6.45) is -4.71. The summed E-state index contributed by atoms with van der Waals surface area (Å²) in [6, 6.07) is 4.44. The normalized spacial score (nSPS) is 15.7. The molecule has 0 bridgehead atoms. The molecule has 1 heterocycles. The highest BCUT2D eigenvalue weighted by molar-refractivity contribution is 6.40. The van der Waals surface area contributed by atoms with Gasteiger partial charge in [0.15, 0.2) is 0 Å². The van der Waals surface area contributed by atoms with E-state index in [1.165, 1.54) is 39.2 Å². The van der Waals surface area contributed by atoms with Gasteiger partial charge in [-0.05, 0) is 26.0 Å². The summed E-state index contributed by atoms with van der Waals surface area (Å²) >= 11 is 11.9. The molecule has 1 aliphatic rings. The van der Waals surface area contributed by atoms with Crippen molar-refractivity contribution in [3.63, 3.8) is 0 Å². The molecule has 0 spiro atoms. The first kappa shape index (κ1) is 16.0. The minimum atomic E-state index is -4.71. The second-order valence-electron chi connectivity index (χ2n) is 4.78. The molecule has 0 N–H and O–H groups in total. The van der Waals surface area contributed by atoms with E-state index in [2.05, 4.69) is 5.10 Å². The second kappa shape index (κ2) is 5.14. The van der Waals surface area contributed by atoms with Gasteiger partial charge in [-0.3, -0.25) is 0 Å². The summed E-state index contributed by atoms with van der Waals surface area (Å²) in [5.74, 6) is -0.800. The maximum absolute atomic E-state index is 13.0. The van der Waals surface area contributed by atoms with Crippen LogP contribution < -0.4 is 14.2 Å². The van der Waals surface area contributed by atoms with Gasteiger partial charge in [-0.2, -0.15) is 13.2 Å². The number of rotatable bonds is 2. The van der Waals surface area contributed by atoms with Crippen molar-refractivity contribution in [2.75, 3.05) is 16.5 Å². The van der Waals surface area contributed by atoms with E-state index < -0.39 is 17.0 Å². The van der Waals surface area contributed by atoms with E-state index >= 15 is 0 Å². The Balaban J connectivity index is 2.65. The molecule has 4 nitrogen and oxygen atoms in total. The van der Waals surface area contributed by atoms with Crippen molar-refractivity contribution < 1.29 is 17.9 Å². The van der Waals surface area contributed by atoms with Crippen LogP contribution in [0, 0.1) is 0 Å². The number of halogens is 5. The number of benzene rings is 1. The van der Waals surface area contributed by atoms with E-state index in [0.29, 0.717) is 15.9 Å². The van der Waals surface area contributed by atoms with E-state index in [9.17, 15) is 13.2 Å². The number of nitrogens with zero attached hydrogens (tertiary/aromatic N) is 3. The second-order valence-corrected chi connectivity index (χ2v) is 6.04. The van der Waals surface area contributed by atoms with E-state index in [1.807, 2.05) is 0 Å². The predicted molar refractivity (Wildman–Crippen MR) is 77.2 cm³/mol. The molecule has 0 saturated heterocycles. The first-order valence-corrected chi connectivity index (χ1v) is 6.56. The monoisotopic (exact) mass is 341 g/mol. The average molecular weight is 342 g/mol. The SMILES string of the molecule is COc1ccc2c(c1)N(C(C)(C)Cl)N=C(C(F)(F)F)N2Cl. The predicted octanol–water partition coefficient (Wildman–Crippen LogP) is 4.33. The van der Waals surface area contributed by atoms with Gasteiger partial charge < -0.3 is 4.74 Å². The molecule has 0 amide bonds. The number of methoxy groups -OCH3 is 1. The Morgan fingerprint density at radius 1 is 1.19 bits per heavy atom. The van der Waals surface area contributed by atoms with E-state index in [0.717, 1.165) is 5.01 Å². The molecule has 21 heavy (non-hydrogen) atoms. The molecule has 9 heteroatoms. The highest BCUT2D eigenvalue weighted by atomic mass is 35.5. The topological polar surface area (TPSA) is 28.1 Å². The third-order valence-corrected chi connectivity index (χ3v) is 3.26. The van der Waals surface area contributed by atoms with Crippen LogP contribution in [0.4, 0.5) is 24.5 Å². The standard InChI is InChI=1S/C12H12Cl2F3N3O/c1-11(2,13)20-9-6-7(21-3)4-5-8(9)19(14)10(18-20)12(15,16)17/h4-6H,1-3H3. The van der Waals surface area contributed by atoms with Crippen LogP contribution in [0.25, 0.3) is 0 Å². The van der Waals surface area contributed by atoms with Gasteiger partial charge >= 0.3 is 6.18 Å². The molecule has 0 unspecified atom stereocenters. The summed E-state index contributed by atoms with van der Waals surface area (Å²) in [5, 5.41) is 4.62. The molecule has 0 atom stereocenters. The van der Waals surface area contributed by atoms with Crippen LogP contribution in [0.1, 0.15) is 13.8 Å². The van der Waals surface area contributed by atoms with Gasteiger partial charge in [-0.15, -0.1) is 5.10 Å². The van der Waals surface area contributed by atoms with Crippen LogP contribution in [-0.4, -0.2) is 24.1 Å². The Bertz CT molecular complexity index is 584. The van der Waals surface area contributed by atoms with E-state index in [-0.39, 0.29) is 5.69 Å². The number of anilines is 2. The zero-order chi connectivity index (χ0) is 16.0. The smallest absolute Gasteiger partial charge is 0.452 e. The Morgan fingerprint density at radius 2 is 1.81 bits per heavy atom. The summed E-state index contributed by atoms with van der Waals surface area (Å²) in [7, 11) is 1.45. The highest BCUT2D eigenvalue weighted by Crippen LogP contribution is 2.44. The number of fused-ring (bicyclic) bond motifs is 1. The van der Waals surface area contributed by atoms with Crippen molar-refractivity contribution in [3.05, 3.63) is 18.2 Å². The van der Waals surface area contributed by atoms with E-state index in [4.69, 9.17) is 28.1 Å². The third-order valence-electron chi connectivity index (χ3n) is 2.76. The minimum Gasteiger partial charge on any atom is -0.497 e. The number of hydrogen-bond donors (Lipinski definition) is 0. The lowest BCUT2D eigenvalue weighted by atomic mass is 10.2. The lowest BCUT2D eigenvalue weighted by Gasteiger charge is -2.38. The van der Waals surface area contributed by atoms with Crippen LogP contribution in [-0.2, 0) is 0 Å². The zero-order valence-electron chi connectivity index (χ0n) is 11.4. The fourth-order valence-corrected chi connectivity index (χ4v) is 2.24. The van der Waals surface area contributed by atoms with Gasteiger partial charge in [-0.1, -0.05) is 11.6 Å². The van der Waals surface area contributed by atoms with Crippen molar-refractivity contribution in [2.24, 2.45) is 5.10 Å². The van der Waals surface area contributed by atoms with Gasteiger partial charge in [0.1, 0.15) is 10.7 Å². The minimum absolute atomic E-state index is 0.119. The van der Waals surface area contributed by atoms with Crippen LogP contribution in [0.5, 0.6) is 5.75 Å². The van der Waals surface area contributed by atoms with Gasteiger partial charge in [0.2, 0.25) is 5.84 Å². The molecule has 1 aliphatic heterocycles. The van der Waals surface area contributed by atoms with Gasteiger partial charge in [0.25, 0.3) is 0 Å². The van der Waals surface area contributed by atoms with Gasteiger partial charge in [-0.25, -0.2) is 9.43 Å². The quantitative estimate of drug-likeness (QED) is 0.455. The lowest BCUT2D eigenvalue weighted by Crippen LogP contribution is -2.46. The van der Waals surface area contributed by atoms with Gasteiger partial charge in [0.05, 0.1) is 18.5 Å². The van der Waals surface area contributed by atoms with Crippen LogP contribution in [0.3, 0.4) is 0 Å². The molecule has 0 aromatic heterocycles. The number of alkyl halides is 4. The molecule has 0 radical (unpaired) electrons. The summed E-state index contributed by atoms with van der Waals surface area (Å²) in [5.41, 5.74) is 0.436. The Hall–Kier alpha value is -1.34. The molecule has 1 aromatic rings. The molecule has 0 aliphatic carbocycles. The lowest BCUT2D eigenvalue weighted by molar-refractivity contribution is -0.0599. The van der Waals surface area contributed by atoms with Crippen molar-refractivity contribution in [1.29, 1.82) is 0 Å². The van der Waals surface area contributed by atoms with Crippen LogP contribution in [0.2, 0.25) is 0 Å². The maximum atomic E-state index is 13.0. The van der Waals surface area contributed by atoms with Crippen LogP contribution >= 0.6 is 23.4 Å². The number of amidine groups is 1. The Kier molecular flexibility index (Phi) is 3.92. The summed E-state index contributed by atoms with van der Waals surface area (Å²) in [6.45, 7) is 3.05. The third kappa shape index (κ3) is 2.98. The summed E-state index contributed by atoms with van der Waals surface area (Å²) < 4.78 is 44.7. The number of hydrogen-bond acceptors (Lipinski definition) is 4. The first-order chi connectivity index (χ1) is 9.55. The Labute approximate surface area is 129 Å².